The lowest BCUT2D eigenvalue weighted by Crippen LogP contribution is -2.47. The maximum atomic E-state index is 12.8. The molecule has 0 spiro atoms. The Hall–Kier alpha value is -2.90. The molecule has 2 N–H and O–H groups in total. The number of benzene rings is 1. The van der Waals surface area contributed by atoms with E-state index in [4.69, 9.17) is 5.73 Å². The van der Waals surface area contributed by atoms with E-state index in [1.54, 1.807) is 23.1 Å². The Morgan fingerprint density at radius 2 is 1.79 bits per heavy atom. The van der Waals surface area contributed by atoms with E-state index in [2.05, 4.69) is 0 Å². The van der Waals surface area contributed by atoms with Gasteiger partial charge in [0, 0.05) is 38.3 Å². The Morgan fingerprint density at radius 1 is 1.04 bits per heavy atom. The van der Waals surface area contributed by atoms with E-state index in [1.807, 2.05) is 4.90 Å². The summed E-state index contributed by atoms with van der Waals surface area (Å²) < 4.78 is 0. The first-order valence-electron chi connectivity index (χ1n) is 9.82. The third-order valence-electron chi connectivity index (χ3n) is 5.86. The SMILES string of the molecule is Nc1cccc2c1C(=O)N(CCC(=O)N1CCC[C@H]1C(=O)N1CCCC1)C2=O. The molecule has 2 fully saturated rings. The monoisotopic (exact) mass is 384 g/mol. The van der Waals surface area contributed by atoms with Gasteiger partial charge >= 0.3 is 0 Å². The molecular formula is C20H24N4O4. The lowest BCUT2D eigenvalue weighted by molar-refractivity contribution is -0.143. The van der Waals surface area contributed by atoms with Crippen molar-refractivity contribution in [2.75, 3.05) is 31.9 Å². The van der Waals surface area contributed by atoms with Gasteiger partial charge in [-0.3, -0.25) is 24.1 Å². The molecule has 0 bridgehead atoms. The van der Waals surface area contributed by atoms with Crippen molar-refractivity contribution in [2.45, 2.75) is 38.1 Å². The highest BCUT2D eigenvalue weighted by Gasteiger charge is 2.39. The molecule has 0 aliphatic carbocycles. The van der Waals surface area contributed by atoms with Crippen LogP contribution in [0.2, 0.25) is 0 Å². The van der Waals surface area contributed by atoms with Crippen LogP contribution in [-0.2, 0) is 9.59 Å². The minimum atomic E-state index is -0.461. The lowest BCUT2D eigenvalue weighted by Gasteiger charge is -2.28. The third kappa shape index (κ3) is 3.02. The van der Waals surface area contributed by atoms with Crippen molar-refractivity contribution in [3.63, 3.8) is 0 Å². The lowest BCUT2D eigenvalue weighted by atomic mass is 10.1. The van der Waals surface area contributed by atoms with Crippen molar-refractivity contribution >= 4 is 29.3 Å². The van der Waals surface area contributed by atoms with Gasteiger partial charge in [-0.1, -0.05) is 6.07 Å². The van der Waals surface area contributed by atoms with Gasteiger partial charge in [0.05, 0.1) is 11.1 Å². The van der Waals surface area contributed by atoms with Crippen molar-refractivity contribution in [3.8, 4) is 0 Å². The van der Waals surface area contributed by atoms with Gasteiger partial charge in [0.25, 0.3) is 11.8 Å². The molecule has 3 aliphatic rings. The molecule has 8 nitrogen and oxygen atoms in total. The summed E-state index contributed by atoms with van der Waals surface area (Å²) in [6, 6.07) is 4.37. The zero-order valence-corrected chi connectivity index (χ0v) is 15.7. The molecule has 8 heteroatoms. The van der Waals surface area contributed by atoms with E-state index in [0.717, 1.165) is 37.3 Å². The van der Waals surface area contributed by atoms with E-state index >= 15 is 0 Å². The van der Waals surface area contributed by atoms with Crippen molar-refractivity contribution in [1.82, 2.24) is 14.7 Å². The first-order valence-corrected chi connectivity index (χ1v) is 9.82. The number of nitrogens with two attached hydrogens (primary N) is 1. The number of likely N-dealkylation sites (tertiary alicyclic amines) is 2. The normalized spacial score (nSPS) is 21.6. The minimum Gasteiger partial charge on any atom is -0.398 e. The average molecular weight is 384 g/mol. The maximum Gasteiger partial charge on any atom is 0.263 e. The highest BCUT2D eigenvalue weighted by molar-refractivity contribution is 6.23. The number of carbonyl (C=O) groups excluding carboxylic acids is 4. The highest BCUT2D eigenvalue weighted by atomic mass is 16.2. The fourth-order valence-corrected chi connectivity index (χ4v) is 4.38. The Kier molecular flexibility index (Phi) is 4.78. The number of imide groups is 1. The molecule has 4 rings (SSSR count). The predicted octanol–water partition coefficient (Wildman–Crippen LogP) is 0.868. The van der Waals surface area contributed by atoms with Gasteiger partial charge in [-0.15, -0.1) is 0 Å². The van der Waals surface area contributed by atoms with E-state index in [0.29, 0.717) is 13.0 Å². The van der Waals surface area contributed by atoms with Gasteiger partial charge in [0.1, 0.15) is 6.04 Å². The molecule has 3 aliphatic heterocycles. The number of nitrogens with zero attached hydrogens (tertiary/aromatic N) is 3. The second-order valence-electron chi connectivity index (χ2n) is 7.56. The van der Waals surface area contributed by atoms with Crippen molar-refractivity contribution in [1.29, 1.82) is 0 Å². The summed E-state index contributed by atoms with van der Waals surface area (Å²) in [4.78, 5) is 55.1. The molecule has 1 aromatic rings. The van der Waals surface area contributed by atoms with Crippen molar-refractivity contribution in [2.24, 2.45) is 0 Å². The second-order valence-corrected chi connectivity index (χ2v) is 7.56. The summed E-state index contributed by atoms with van der Waals surface area (Å²) in [5.41, 5.74) is 6.59. The van der Waals surface area contributed by atoms with Crippen molar-refractivity contribution < 1.29 is 19.2 Å². The number of amides is 4. The summed E-state index contributed by atoms with van der Waals surface area (Å²) >= 11 is 0. The fourth-order valence-electron chi connectivity index (χ4n) is 4.38. The molecular weight excluding hydrogens is 360 g/mol. The summed E-state index contributed by atoms with van der Waals surface area (Å²) in [7, 11) is 0. The van der Waals surface area contributed by atoms with Crippen LogP contribution in [0.3, 0.4) is 0 Å². The predicted molar refractivity (Wildman–Crippen MR) is 101 cm³/mol. The summed E-state index contributed by atoms with van der Waals surface area (Å²) in [6.45, 7) is 2.05. The number of anilines is 1. The summed E-state index contributed by atoms with van der Waals surface area (Å²) in [5.74, 6) is -1.06. The van der Waals surface area contributed by atoms with Crippen LogP contribution in [0.1, 0.15) is 52.8 Å². The second kappa shape index (κ2) is 7.26. The summed E-state index contributed by atoms with van der Waals surface area (Å²) in [5, 5.41) is 0. The number of fused-ring (bicyclic) bond motifs is 1. The molecule has 4 amide bonds. The quantitative estimate of drug-likeness (QED) is 0.613. The topological polar surface area (TPSA) is 104 Å². The number of nitrogen functional groups attached to an aromatic ring is 1. The van der Waals surface area contributed by atoms with Gasteiger partial charge in [0.15, 0.2) is 0 Å². The standard InChI is InChI=1S/C20H24N4O4/c21-14-6-3-5-13-17(14)20(28)24(18(13)26)12-8-16(25)23-11-4-7-15(23)19(27)22-9-1-2-10-22/h3,5-6,15H,1-2,4,7-12,21H2/t15-/m0/s1. The van der Waals surface area contributed by atoms with Crippen LogP contribution >= 0.6 is 0 Å². The molecule has 3 heterocycles. The summed E-state index contributed by atoms with van der Waals surface area (Å²) in [6.07, 6.45) is 3.49. The zero-order valence-electron chi connectivity index (χ0n) is 15.7. The minimum absolute atomic E-state index is 0.00819. The van der Waals surface area contributed by atoms with Crippen LogP contribution in [0.5, 0.6) is 0 Å². The van der Waals surface area contributed by atoms with Crippen molar-refractivity contribution in [3.05, 3.63) is 29.3 Å². The average Bonchev–Trinajstić information content (AvgIpc) is 3.42. The van der Waals surface area contributed by atoms with Gasteiger partial charge in [-0.25, -0.2) is 0 Å². The first kappa shape index (κ1) is 18.5. The zero-order chi connectivity index (χ0) is 19.8. The number of hydrogen-bond donors (Lipinski definition) is 1. The molecule has 0 aromatic heterocycles. The van der Waals surface area contributed by atoms with Gasteiger partial charge < -0.3 is 15.5 Å². The Labute approximate surface area is 163 Å². The van der Waals surface area contributed by atoms with Gasteiger partial charge in [-0.2, -0.15) is 0 Å². The number of carbonyl (C=O) groups is 4. The fraction of sp³-hybridized carbons (Fsp3) is 0.500. The molecule has 0 radical (unpaired) electrons. The Balaban J connectivity index is 1.40. The number of hydrogen-bond acceptors (Lipinski definition) is 5. The maximum absolute atomic E-state index is 12.8. The number of rotatable bonds is 4. The first-order chi connectivity index (χ1) is 13.5. The Morgan fingerprint density at radius 3 is 2.50 bits per heavy atom. The van der Waals surface area contributed by atoms with Crippen LogP contribution in [0.4, 0.5) is 5.69 Å². The molecule has 1 aromatic carbocycles. The van der Waals surface area contributed by atoms with Crippen LogP contribution in [0.25, 0.3) is 0 Å². The van der Waals surface area contributed by atoms with Gasteiger partial charge in [-0.05, 0) is 37.8 Å². The molecule has 1 atom stereocenters. The van der Waals surface area contributed by atoms with E-state index < -0.39 is 17.9 Å². The van der Waals surface area contributed by atoms with Crippen LogP contribution in [-0.4, -0.2) is 70.5 Å². The molecule has 0 unspecified atom stereocenters. The van der Waals surface area contributed by atoms with E-state index in [9.17, 15) is 19.2 Å². The van der Waals surface area contributed by atoms with E-state index in [-0.39, 0.29) is 41.6 Å². The molecule has 0 saturated carbocycles. The smallest absolute Gasteiger partial charge is 0.263 e. The third-order valence-corrected chi connectivity index (χ3v) is 5.86. The van der Waals surface area contributed by atoms with Crippen LogP contribution < -0.4 is 5.73 Å². The molecule has 28 heavy (non-hydrogen) atoms. The Bertz CT molecular complexity index is 847. The molecule has 148 valence electrons. The van der Waals surface area contributed by atoms with E-state index in [1.165, 1.54) is 0 Å². The van der Waals surface area contributed by atoms with Gasteiger partial charge in [0.2, 0.25) is 11.8 Å². The largest absolute Gasteiger partial charge is 0.398 e. The molecule has 2 saturated heterocycles. The van der Waals surface area contributed by atoms with Crippen LogP contribution in [0, 0.1) is 0 Å². The van der Waals surface area contributed by atoms with Crippen LogP contribution in [0.15, 0.2) is 18.2 Å². The highest BCUT2D eigenvalue weighted by Crippen LogP contribution is 2.28.